The van der Waals surface area contributed by atoms with Crippen molar-refractivity contribution >= 4 is 15.9 Å². The van der Waals surface area contributed by atoms with Gasteiger partial charge >= 0.3 is 0 Å². The number of halogens is 2. The molecule has 0 saturated heterocycles. The lowest BCUT2D eigenvalue weighted by atomic mass is 10.1. The van der Waals surface area contributed by atoms with Gasteiger partial charge in [-0.3, -0.25) is 0 Å². The van der Waals surface area contributed by atoms with Gasteiger partial charge < -0.3 is 0 Å². The molecule has 0 bridgehead atoms. The highest BCUT2D eigenvalue weighted by molar-refractivity contribution is 9.09. The summed E-state index contributed by atoms with van der Waals surface area (Å²) in [5.41, 5.74) is 0.708. The zero-order valence-corrected chi connectivity index (χ0v) is 7.94. The minimum Gasteiger partial charge on any atom is -0.205 e. The van der Waals surface area contributed by atoms with Crippen LogP contribution in [0.1, 0.15) is 11.1 Å². The first-order valence-corrected chi connectivity index (χ1v) is 4.65. The lowest BCUT2D eigenvalue weighted by Gasteiger charge is -2.00. The van der Waals surface area contributed by atoms with Crippen LogP contribution in [0.15, 0.2) is 18.2 Å². The molecule has 0 heterocycles. The van der Waals surface area contributed by atoms with E-state index in [0.29, 0.717) is 17.3 Å². The third kappa shape index (κ3) is 1.83. The summed E-state index contributed by atoms with van der Waals surface area (Å²) < 4.78 is 13.2. The van der Waals surface area contributed by atoms with E-state index in [2.05, 4.69) is 15.9 Å². The summed E-state index contributed by atoms with van der Waals surface area (Å²) in [7, 11) is 0. The van der Waals surface area contributed by atoms with Crippen LogP contribution >= 0.6 is 15.9 Å². The molecule has 0 aromatic heterocycles. The third-order valence-corrected chi connectivity index (χ3v) is 1.96. The highest BCUT2D eigenvalue weighted by atomic mass is 79.9. The summed E-state index contributed by atoms with van der Waals surface area (Å²) in [6.07, 6.45) is 0.612. The zero-order valence-electron chi connectivity index (χ0n) is 6.35. The summed E-state index contributed by atoms with van der Waals surface area (Å²) in [6.45, 7) is 0. The minimum atomic E-state index is -0.389. The fourth-order valence-corrected chi connectivity index (χ4v) is 1.39. The van der Waals surface area contributed by atoms with Crippen LogP contribution in [0.2, 0.25) is 0 Å². The Hall–Kier alpha value is -0.880. The van der Waals surface area contributed by atoms with Crippen molar-refractivity contribution in [2.45, 2.75) is 6.42 Å². The SMILES string of the molecule is N#Cc1cccc(CCBr)c1F. The summed E-state index contributed by atoms with van der Waals surface area (Å²) in [4.78, 5) is 0. The van der Waals surface area contributed by atoms with Crippen LogP contribution < -0.4 is 0 Å². The van der Waals surface area contributed by atoms with Gasteiger partial charge in [-0.25, -0.2) is 4.39 Å². The summed E-state index contributed by atoms with van der Waals surface area (Å²) in [5, 5.41) is 9.22. The molecule has 1 nitrogen and oxygen atoms in total. The number of rotatable bonds is 2. The first kappa shape index (κ1) is 9.21. The largest absolute Gasteiger partial charge is 0.205 e. The number of nitrogens with zero attached hydrogens (tertiary/aromatic N) is 1. The van der Waals surface area contributed by atoms with E-state index in [1.54, 1.807) is 18.2 Å². The van der Waals surface area contributed by atoms with Gasteiger partial charge in [-0.2, -0.15) is 5.26 Å². The predicted molar refractivity (Wildman–Crippen MR) is 48.6 cm³/mol. The van der Waals surface area contributed by atoms with Crippen molar-refractivity contribution < 1.29 is 4.39 Å². The van der Waals surface area contributed by atoms with E-state index in [0.717, 1.165) is 0 Å². The quantitative estimate of drug-likeness (QED) is 0.713. The van der Waals surface area contributed by atoms with Gasteiger partial charge in [0.1, 0.15) is 11.9 Å². The molecule has 1 rings (SSSR count). The van der Waals surface area contributed by atoms with E-state index in [4.69, 9.17) is 5.26 Å². The van der Waals surface area contributed by atoms with Gasteiger partial charge in [-0.05, 0) is 18.1 Å². The Kier molecular flexibility index (Phi) is 3.24. The second-order valence-corrected chi connectivity index (χ2v) is 3.12. The van der Waals surface area contributed by atoms with Crippen LogP contribution in [0.3, 0.4) is 0 Å². The Bertz CT molecular complexity index is 317. The van der Waals surface area contributed by atoms with Gasteiger partial charge in [0.15, 0.2) is 0 Å². The molecule has 0 spiro atoms. The van der Waals surface area contributed by atoms with Crippen molar-refractivity contribution in [3.05, 3.63) is 35.1 Å². The molecule has 0 saturated carbocycles. The molecular formula is C9H7BrFN. The van der Waals surface area contributed by atoms with Crippen LogP contribution in [0.25, 0.3) is 0 Å². The second kappa shape index (κ2) is 4.22. The van der Waals surface area contributed by atoms with E-state index in [1.807, 2.05) is 0 Å². The van der Waals surface area contributed by atoms with E-state index < -0.39 is 0 Å². The normalized spacial score (nSPS) is 9.42. The Labute approximate surface area is 79.0 Å². The molecule has 3 heteroatoms. The van der Waals surface area contributed by atoms with E-state index >= 15 is 0 Å². The maximum Gasteiger partial charge on any atom is 0.144 e. The summed E-state index contributed by atoms with van der Waals surface area (Å²) in [6, 6.07) is 6.67. The van der Waals surface area contributed by atoms with Crippen molar-refractivity contribution in [3.8, 4) is 6.07 Å². The van der Waals surface area contributed by atoms with Gasteiger partial charge in [0.05, 0.1) is 5.56 Å². The molecule has 0 aliphatic heterocycles. The average Bonchev–Trinajstić information content (AvgIpc) is 2.09. The number of aryl methyl sites for hydroxylation is 1. The maximum atomic E-state index is 13.2. The van der Waals surface area contributed by atoms with Gasteiger partial charge in [0.2, 0.25) is 0 Å². The Morgan fingerprint density at radius 1 is 1.50 bits per heavy atom. The predicted octanol–water partition coefficient (Wildman–Crippen LogP) is 2.63. The van der Waals surface area contributed by atoms with E-state index in [-0.39, 0.29) is 11.4 Å². The van der Waals surface area contributed by atoms with Gasteiger partial charge in [0.25, 0.3) is 0 Å². The molecule has 0 aliphatic carbocycles. The van der Waals surface area contributed by atoms with Gasteiger partial charge in [-0.1, -0.05) is 28.1 Å². The van der Waals surface area contributed by atoms with Gasteiger partial charge in [-0.15, -0.1) is 0 Å². The highest BCUT2D eigenvalue weighted by Crippen LogP contribution is 2.13. The van der Waals surface area contributed by atoms with Crippen LogP contribution in [-0.4, -0.2) is 5.33 Å². The monoisotopic (exact) mass is 227 g/mol. The van der Waals surface area contributed by atoms with Crippen molar-refractivity contribution in [1.82, 2.24) is 0 Å². The number of hydrogen-bond donors (Lipinski definition) is 0. The van der Waals surface area contributed by atoms with E-state index in [9.17, 15) is 4.39 Å². The fraction of sp³-hybridized carbons (Fsp3) is 0.222. The Balaban J connectivity index is 3.07. The molecule has 62 valence electrons. The van der Waals surface area contributed by atoms with Crippen LogP contribution in [0.4, 0.5) is 4.39 Å². The minimum absolute atomic E-state index is 0.119. The average molecular weight is 228 g/mol. The van der Waals surface area contributed by atoms with Crippen molar-refractivity contribution in [2.75, 3.05) is 5.33 Å². The highest BCUT2D eigenvalue weighted by Gasteiger charge is 2.05. The second-order valence-electron chi connectivity index (χ2n) is 2.33. The lowest BCUT2D eigenvalue weighted by Crippen LogP contribution is -1.94. The standard InChI is InChI=1S/C9H7BrFN/c10-5-4-7-2-1-3-8(6-12)9(7)11/h1-3H,4-5H2. The van der Waals surface area contributed by atoms with Crippen molar-refractivity contribution in [2.24, 2.45) is 0 Å². The molecule has 0 aliphatic rings. The van der Waals surface area contributed by atoms with Crippen molar-refractivity contribution in [1.29, 1.82) is 5.26 Å². The molecule has 1 aromatic rings. The molecule has 0 amide bonds. The smallest absolute Gasteiger partial charge is 0.144 e. The lowest BCUT2D eigenvalue weighted by molar-refractivity contribution is 0.609. The molecule has 0 atom stereocenters. The first-order valence-electron chi connectivity index (χ1n) is 3.53. The zero-order chi connectivity index (χ0) is 8.97. The Morgan fingerprint density at radius 3 is 2.83 bits per heavy atom. The molecule has 0 fully saturated rings. The van der Waals surface area contributed by atoms with Crippen LogP contribution in [0.5, 0.6) is 0 Å². The first-order chi connectivity index (χ1) is 5.79. The van der Waals surface area contributed by atoms with Gasteiger partial charge in [0, 0.05) is 5.33 Å². The molecule has 1 aromatic carbocycles. The number of nitriles is 1. The summed E-state index contributed by atoms with van der Waals surface area (Å²) >= 11 is 3.22. The topological polar surface area (TPSA) is 23.8 Å². The fourth-order valence-electron chi connectivity index (χ4n) is 0.961. The Morgan fingerprint density at radius 2 is 2.25 bits per heavy atom. The van der Waals surface area contributed by atoms with Crippen LogP contribution in [-0.2, 0) is 6.42 Å². The summed E-state index contributed by atoms with van der Waals surface area (Å²) in [5.74, 6) is -0.389. The molecule has 12 heavy (non-hydrogen) atoms. The molecular weight excluding hydrogens is 221 g/mol. The number of alkyl halides is 1. The van der Waals surface area contributed by atoms with E-state index in [1.165, 1.54) is 6.07 Å². The maximum absolute atomic E-state index is 13.2. The van der Waals surface area contributed by atoms with Crippen molar-refractivity contribution in [3.63, 3.8) is 0 Å². The third-order valence-electron chi connectivity index (χ3n) is 1.56. The number of hydrogen-bond acceptors (Lipinski definition) is 1. The number of benzene rings is 1. The molecule has 0 unspecified atom stereocenters. The van der Waals surface area contributed by atoms with Crippen LogP contribution in [0, 0.1) is 17.1 Å². The molecule has 0 radical (unpaired) electrons. The molecule has 0 N–H and O–H groups in total.